The number of ether oxygens (including phenoxy) is 1. The summed E-state index contributed by atoms with van der Waals surface area (Å²) in [5, 5.41) is 8.81. The van der Waals surface area contributed by atoms with E-state index in [0.29, 0.717) is 23.3 Å². The molecule has 1 aromatic heterocycles. The van der Waals surface area contributed by atoms with Crippen LogP contribution in [-0.2, 0) is 12.8 Å². The predicted molar refractivity (Wildman–Crippen MR) is 67.9 cm³/mol. The Labute approximate surface area is 110 Å². The lowest BCUT2D eigenvalue weighted by atomic mass is 9.99. The van der Waals surface area contributed by atoms with Crippen LogP contribution in [0.4, 0.5) is 4.39 Å². The van der Waals surface area contributed by atoms with E-state index in [1.54, 1.807) is 30.8 Å². The molecule has 2 aromatic rings. The van der Waals surface area contributed by atoms with Gasteiger partial charge in [-0.2, -0.15) is 0 Å². The van der Waals surface area contributed by atoms with Gasteiger partial charge in [0.25, 0.3) is 6.26 Å². The summed E-state index contributed by atoms with van der Waals surface area (Å²) in [6, 6.07) is 5.01. The van der Waals surface area contributed by atoms with Gasteiger partial charge in [0.15, 0.2) is 5.75 Å². The Hall–Kier alpha value is -2.41. The number of nitrogens with zero attached hydrogens (tertiary/aromatic N) is 2. The molecule has 0 saturated heterocycles. The minimum Gasteiger partial charge on any atom is -0.387 e. The molecular formula is C15H11FN2O. The lowest BCUT2D eigenvalue weighted by Crippen LogP contribution is -1.97. The van der Waals surface area contributed by atoms with Gasteiger partial charge in [-0.3, -0.25) is 4.98 Å². The van der Waals surface area contributed by atoms with Crippen molar-refractivity contribution < 1.29 is 9.13 Å². The smallest absolute Gasteiger partial charge is 0.292 e. The molecule has 0 bridgehead atoms. The number of rotatable bonds is 2. The second-order valence-corrected chi connectivity index (χ2v) is 4.47. The maximum Gasteiger partial charge on any atom is 0.292 e. The van der Waals surface area contributed by atoms with Gasteiger partial charge in [-0.25, -0.2) is 4.39 Å². The Kier molecular flexibility index (Phi) is 2.88. The Morgan fingerprint density at radius 2 is 1.95 bits per heavy atom. The van der Waals surface area contributed by atoms with E-state index in [4.69, 9.17) is 10.00 Å². The number of nitriles is 1. The lowest BCUT2D eigenvalue weighted by Gasteiger charge is -2.12. The predicted octanol–water partition coefficient (Wildman–Crippen LogP) is 3.24. The molecule has 1 heterocycles. The standard InChI is InChI=1S/C15H11FN2O/c16-14-8-13(10-4-6-18-7-5-10)15(19-9-17)12-3-1-2-11(12)14/h4-8H,1-3H2. The van der Waals surface area contributed by atoms with Gasteiger partial charge in [0, 0.05) is 23.5 Å². The monoisotopic (exact) mass is 254 g/mol. The molecular weight excluding hydrogens is 243 g/mol. The van der Waals surface area contributed by atoms with Crippen molar-refractivity contribution >= 4 is 0 Å². The van der Waals surface area contributed by atoms with Crippen molar-refractivity contribution in [3.63, 3.8) is 0 Å². The zero-order valence-electron chi connectivity index (χ0n) is 10.2. The third-order valence-electron chi connectivity index (χ3n) is 3.43. The first-order valence-electron chi connectivity index (χ1n) is 6.12. The molecule has 94 valence electrons. The van der Waals surface area contributed by atoms with Gasteiger partial charge in [-0.05, 0) is 48.6 Å². The van der Waals surface area contributed by atoms with Crippen molar-refractivity contribution in [1.82, 2.24) is 4.98 Å². The van der Waals surface area contributed by atoms with E-state index in [-0.39, 0.29) is 5.82 Å². The molecule has 0 radical (unpaired) electrons. The second kappa shape index (κ2) is 4.69. The minimum absolute atomic E-state index is 0.218. The SMILES string of the molecule is N#COc1c(-c2ccncc2)cc(F)c2c1CCC2. The number of fused-ring (bicyclic) bond motifs is 1. The van der Waals surface area contributed by atoms with Crippen LogP contribution in [0.25, 0.3) is 11.1 Å². The number of aromatic nitrogens is 1. The molecule has 1 aliphatic rings. The molecule has 19 heavy (non-hydrogen) atoms. The fourth-order valence-corrected chi connectivity index (χ4v) is 2.61. The highest BCUT2D eigenvalue weighted by molar-refractivity contribution is 5.73. The maximum atomic E-state index is 14.1. The molecule has 0 N–H and O–H groups in total. The van der Waals surface area contributed by atoms with Crippen molar-refractivity contribution in [2.45, 2.75) is 19.3 Å². The van der Waals surface area contributed by atoms with Crippen LogP contribution < -0.4 is 4.74 Å². The average Bonchev–Trinajstić information content (AvgIpc) is 2.93. The summed E-state index contributed by atoms with van der Waals surface area (Å²) in [4.78, 5) is 3.94. The molecule has 0 amide bonds. The first-order valence-corrected chi connectivity index (χ1v) is 6.12. The third-order valence-corrected chi connectivity index (χ3v) is 3.43. The average molecular weight is 254 g/mol. The van der Waals surface area contributed by atoms with E-state index in [2.05, 4.69) is 4.98 Å². The van der Waals surface area contributed by atoms with Gasteiger partial charge >= 0.3 is 0 Å². The van der Waals surface area contributed by atoms with Gasteiger partial charge in [0.2, 0.25) is 0 Å². The third kappa shape index (κ3) is 1.93. The molecule has 1 aromatic carbocycles. The quantitative estimate of drug-likeness (QED) is 0.773. The summed E-state index contributed by atoms with van der Waals surface area (Å²) in [6.45, 7) is 0. The summed E-state index contributed by atoms with van der Waals surface area (Å²) < 4.78 is 19.2. The largest absolute Gasteiger partial charge is 0.387 e. The summed E-state index contributed by atoms with van der Waals surface area (Å²) in [5.41, 5.74) is 2.92. The van der Waals surface area contributed by atoms with Crippen LogP contribution in [0.2, 0.25) is 0 Å². The summed E-state index contributed by atoms with van der Waals surface area (Å²) in [7, 11) is 0. The van der Waals surface area contributed by atoms with Crippen molar-refractivity contribution in [3.8, 4) is 23.1 Å². The number of benzene rings is 1. The first kappa shape index (κ1) is 11.7. The topological polar surface area (TPSA) is 45.9 Å². The number of hydrogen-bond donors (Lipinski definition) is 0. The van der Waals surface area contributed by atoms with Crippen LogP contribution in [0.3, 0.4) is 0 Å². The summed E-state index contributed by atoms with van der Waals surface area (Å²) >= 11 is 0. The van der Waals surface area contributed by atoms with Crippen LogP contribution >= 0.6 is 0 Å². The molecule has 0 unspecified atom stereocenters. The van der Waals surface area contributed by atoms with Crippen LogP contribution in [0.1, 0.15) is 17.5 Å². The zero-order chi connectivity index (χ0) is 13.2. The normalized spacial score (nSPS) is 12.8. The zero-order valence-corrected chi connectivity index (χ0v) is 10.2. The fraction of sp³-hybridized carbons (Fsp3) is 0.200. The van der Waals surface area contributed by atoms with Gasteiger partial charge in [-0.1, -0.05) is 0 Å². The van der Waals surface area contributed by atoms with Gasteiger partial charge < -0.3 is 4.74 Å². The van der Waals surface area contributed by atoms with Crippen molar-refractivity contribution in [1.29, 1.82) is 5.26 Å². The Balaban J connectivity index is 2.25. The van der Waals surface area contributed by atoms with Crippen LogP contribution in [-0.4, -0.2) is 4.98 Å². The molecule has 4 heteroatoms. The van der Waals surface area contributed by atoms with Gasteiger partial charge in [0.1, 0.15) is 5.82 Å². The molecule has 3 rings (SSSR count). The highest BCUT2D eigenvalue weighted by Crippen LogP contribution is 2.40. The molecule has 0 aliphatic heterocycles. The van der Waals surface area contributed by atoms with Crippen LogP contribution in [0.15, 0.2) is 30.6 Å². The fourth-order valence-electron chi connectivity index (χ4n) is 2.61. The van der Waals surface area contributed by atoms with E-state index in [0.717, 1.165) is 24.0 Å². The highest BCUT2D eigenvalue weighted by atomic mass is 19.1. The molecule has 3 nitrogen and oxygen atoms in total. The molecule has 0 fully saturated rings. The van der Waals surface area contributed by atoms with E-state index < -0.39 is 0 Å². The molecule has 0 spiro atoms. The summed E-state index contributed by atoms with van der Waals surface area (Å²) in [6.07, 6.45) is 7.33. The van der Waals surface area contributed by atoms with E-state index >= 15 is 0 Å². The van der Waals surface area contributed by atoms with Crippen LogP contribution in [0, 0.1) is 17.3 Å². The lowest BCUT2D eigenvalue weighted by molar-refractivity contribution is 0.500. The summed E-state index contributed by atoms with van der Waals surface area (Å²) in [5.74, 6) is 0.271. The van der Waals surface area contributed by atoms with Crippen molar-refractivity contribution in [2.24, 2.45) is 0 Å². The Bertz CT molecular complexity index is 662. The van der Waals surface area contributed by atoms with Gasteiger partial charge in [0.05, 0.1) is 0 Å². The molecule has 0 saturated carbocycles. The molecule has 0 atom stereocenters. The molecule has 1 aliphatic carbocycles. The van der Waals surface area contributed by atoms with E-state index in [1.165, 1.54) is 6.07 Å². The minimum atomic E-state index is -0.218. The maximum absolute atomic E-state index is 14.1. The van der Waals surface area contributed by atoms with Gasteiger partial charge in [-0.15, -0.1) is 5.26 Å². The number of hydrogen-bond acceptors (Lipinski definition) is 3. The number of halogens is 1. The van der Waals surface area contributed by atoms with E-state index in [9.17, 15) is 4.39 Å². The van der Waals surface area contributed by atoms with Crippen molar-refractivity contribution in [2.75, 3.05) is 0 Å². The van der Waals surface area contributed by atoms with Crippen molar-refractivity contribution in [3.05, 3.63) is 47.5 Å². The Morgan fingerprint density at radius 3 is 2.68 bits per heavy atom. The Morgan fingerprint density at radius 1 is 1.21 bits per heavy atom. The van der Waals surface area contributed by atoms with E-state index in [1.807, 2.05) is 0 Å². The first-order chi connectivity index (χ1) is 9.31. The van der Waals surface area contributed by atoms with Crippen LogP contribution in [0.5, 0.6) is 5.75 Å². The second-order valence-electron chi connectivity index (χ2n) is 4.47. The highest BCUT2D eigenvalue weighted by Gasteiger charge is 2.24. The number of pyridine rings is 1.